The Labute approximate surface area is 146 Å². The highest BCUT2D eigenvalue weighted by atomic mass is 16.5. The number of carbonyl (C=O) groups excluding carboxylic acids is 1. The monoisotopic (exact) mass is 333 g/mol. The summed E-state index contributed by atoms with van der Waals surface area (Å²) in [6, 6.07) is 24.0. The van der Waals surface area contributed by atoms with E-state index >= 15 is 0 Å². The largest absolute Gasteiger partial charge is 0.489 e. The van der Waals surface area contributed by atoms with Gasteiger partial charge in [0, 0.05) is 16.8 Å². The van der Waals surface area contributed by atoms with Crippen molar-refractivity contribution in [2.45, 2.75) is 13.2 Å². The molecule has 0 saturated heterocycles. The fourth-order valence-corrected chi connectivity index (χ4v) is 2.46. The summed E-state index contributed by atoms with van der Waals surface area (Å²) in [6.45, 7) is 0.249. The van der Waals surface area contributed by atoms with Gasteiger partial charge in [-0.25, -0.2) is 0 Å². The Morgan fingerprint density at radius 1 is 0.920 bits per heavy atom. The predicted molar refractivity (Wildman–Crippen MR) is 97.5 cm³/mol. The number of aliphatic hydroxyl groups excluding tert-OH is 1. The van der Waals surface area contributed by atoms with Crippen LogP contribution in [-0.2, 0) is 13.2 Å². The number of aliphatic hydroxyl groups is 1. The molecule has 0 unspecified atom stereocenters. The van der Waals surface area contributed by atoms with Crippen molar-refractivity contribution >= 4 is 11.6 Å². The van der Waals surface area contributed by atoms with Crippen LogP contribution in [0.5, 0.6) is 5.75 Å². The van der Waals surface area contributed by atoms with E-state index in [4.69, 9.17) is 4.74 Å². The van der Waals surface area contributed by atoms with Crippen LogP contribution in [0.4, 0.5) is 5.69 Å². The minimum atomic E-state index is -0.163. The highest BCUT2D eigenvalue weighted by Gasteiger charge is 2.08. The van der Waals surface area contributed by atoms with Gasteiger partial charge < -0.3 is 15.2 Å². The van der Waals surface area contributed by atoms with E-state index < -0.39 is 0 Å². The molecule has 1 amide bonds. The van der Waals surface area contributed by atoms with Crippen molar-refractivity contribution in [2.24, 2.45) is 0 Å². The first-order chi connectivity index (χ1) is 12.3. The van der Waals surface area contributed by atoms with E-state index in [1.165, 1.54) is 0 Å². The van der Waals surface area contributed by atoms with Crippen molar-refractivity contribution in [3.8, 4) is 5.75 Å². The molecule has 25 heavy (non-hydrogen) atoms. The van der Waals surface area contributed by atoms with Crippen molar-refractivity contribution in [3.63, 3.8) is 0 Å². The van der Waals surface area contributed by atoms with E-state index in [-0.39, 0.29) is 12.5 Å². The molecule has 2 N–H and O–H groups in total. The van der Waals surface area contributed by atoms with Crippen molar-refractivity contribution in [3.05, 3.63) is 95.6 Å². The zero-order chi connectivity index (χ0) is 17.5. The molecule has 0 heterocycles. The van der Waals surface area contributed by atoms with Crippen LogP contribution in [-0.4, -0.2) is 11.0 Å². The number of nitrogens with one attached hydrogen (secondary N) is 1. The van der Waals surface area contributed by atoms with Gasteiger partial charge in [-0.05, 0) is 35.9 Å². The second-order valence-electron chi connectivity index (χ2n) is 5.58. The summed E-state index contributed by atoms with van der Waals surface area (Å²) < 4.78 is 5.78. The zero-order valence-electron chi connectivity index (χ0n) is 13.7. The van der Waals surface area contributed by atoms with Crippen LogP contribution in [0.25, 0.3) is 0 Å². The lowest BCUT2D eigenvalue weighted by Crippen LogP contribution is -2.12. The number of hydrogen-bond donors (Lipinski definition) is 2. The summed E-state index contributed by atoms with van der Waals surface area (Å²) in [4.78, 5) is 12.4. The molecule has 4 nitrogen and oxygen atoms in total. The molecule has 0 aliphatic heterocycles. The van der Waals surface area contributed by atoms with Crippen LogP contribution in [0, 0.1) is 0 Å². The standard InChI is InChI=1S/C21H19NO3/c23-14-18-8-4-5-12-20(18)25-15-16-7-6-9-17(13-16)21(24)22-19-10-2-1-3-11-19/h1-13,23H,14-15H2,(H,22,24). The van der Waals surface area contributed by atoms with Gasteiger partial charge >= 0.3 is 0 Å². The van der Waals surface area contributed by atoms with E-state index in [1.807, 2.05) is 66.7 Å². The second kappa shape index (κ2) is 8.13. The van der Waals surface area contributed by atoms with Gasteiger partial charge in [0.05, 0.1) is 6.61 Å². The number of benzene rings is 3. The van der Waals surface area contributed by atoms with Crippen molar-refractivity contribution in [2.75, 3.05) is 5.32 Å². The van der Waals surface area contributed by atoms with E-state index in [9.17, 15) is 9.90 Å². The molecule has 0 bridgehead atoms. The smallest absolute Gasteiger partial charge is 0.255 e. The van der Waals surface area contributed by atoms with Gasteiger partial charge in [-0.3, -0.25) is 4.79 Å². The maximum absolute atomic E-state index is 12.4. The molecule has 126 valence electrons. The third kappa shape index (κ3) is 4.46. The van der Waals surface area contributed by atoms with E-state index in [1.54, 1.807) is 12.1 Å². The van der Waals surface area contributed by atoms with Crippen LogP contribution in [0.2, 0.25) is 0 Å². The van der Waals surface area contributed by atoms with Crippen molar-refractivity contribution in [1.82, 2.24) is 0 Å². The minimum absolute atomic E-state index is 0.0737. The molecular formula is C21H19NO3. The molecular weight excluding hydrogens is 314 g/mol. The lowest BCUT2D eigenvalue weighted by molar-refractivity contribution is 0.102. The molecule has 0 radical (unpaired) electrons. The molecule has 3 aromatic rings. The molecule has 0 atom stereocenters. The van der Waals surface area contributed by atoms with Gasteiger partial charge in [-0.1, -0.05) is 48.5 Å². The molecule has 0 saturated carbocycles. The molecule has 0 aromatic heterocycles. The van der Waals surface area contributed by atoms with Crippen LogP contribution < -0.4 is 10.1 Å². The first-order valence-electron chi connectivity index (χ1n) is 8.03. The molecule has 3 aromatic carbocycles. The number of amides is 1. The first-order valence-corrected chi connectivity index (χ1v) is 8.03. The average Bonchev–Trinajstić information content (AvgIpc) is 2.67. The molecule has 0 spiro atoms. The Hall–Kier alpha value is -3.11. The summed E-state index contributed by atoms with van der Waals surface area (Å²) in [7, 11) is 0. The number of anilines is 1. The predicted octanol–water partition coefficient (Wildman–Crippen LogP) is 4.01. The van der Waals surface area contributed by atoms with Crippen LogP contribution in [0.3, 0.4) is 0 Å². The summed E-state index contributed by atoms with van der Waals surface area (Å²) in [6.07, 6.45) is 0. The number of para-hydroxylation sites is 2. The quantitative estimate of drug-likeness (QED) is 0.716. The molecule has 0 fully saturated rings. The van der Waals surface area contributed by atoms with Crippen LogP contribution >= 0.6 is 0 Å². The van der Waals surface area contributed by atoms with Gasteiger partial charge in [0.1, 0.15) is 12.4 Å². The number of hydrogen-bond acceptors (Lipinski definition) is 3. The zero-order valence-corrected chi connectivity index (χ0v) is 13.7. The fourth-order valence-electron chi connectivity index (χ4n) is 2.46. The third-order valence-corrected chi connectivity index (χ3v) is 3.76. The third-order valence-electron chi connectivity index (χ3n) is 3.76. The number of ether oxygens (including phenoxy) is 1. The number of carbonyl (C=O) groups is 1. The Kier molecular flexibility index (Phi) is 5.44. The van der Waals surface area contributed by atoms with Gasteiger partial charge in [0.15, 0.2) is 0 Å². The van der Waals surface area contributed by atoms with E-state index in [0.29, 0.717) is 17.9 Å². The van der Waals surface area contributed by atoms with Gasteiger partial charge in [0.25, 0.3) is 5.91 Å². The Bertz CT molecular complexity index is 847. The Morgan fingerprint density at radius 2 is 1.68 bits per heavy atom. The van der Waals surface area contributed by atoms with Gasteiger partial charge in [-0.2, -0.15) is 0 Å². The Balaban J connectivity index is 1.68. The topological polar surface area (TPSA) is 58.6 Å². The van der Waals surface area contributed by atoms with E-state index in [0.717, 1.165) is 16.8 Å². The normalized spacial score (nSPS) is 10.3. The average molecular weight is 333 g/mol. The van der Waals surface area contributed by atoms with E-state index in [2.05, 4.69) is 5.32 Å². The van der Waals surface area contributed by atoms with Gasteiger partial charge in [-0.15, -0.1) is 0 Å². The van der Waals surface area contributed by atoms with Crippen LogP contribution in [0.15, 0.2) is 78.9 Å². The second-order valence-corrected chi connectivity index (χ2v) is 5.58. The highest BCUT2D eigenvalue weighted by molar-refractivity contribution is 6.04. The summed E-state index contributed by atoms with van der Waals surface area (Å²) >= 11 is 0. The SMILES string of the molecule is O=C(Nc1ccccc1)c1cccc(COc2ccccc2CO)c1. The maximum atomic E-state index is 12.4. The highest BCUT2D eigenvalue weighted by Crippen LogP contribution is 2.19. The van der Waals surface area contributed by atoms with Crippen molar-refractivity contribution in [1.29, 1.82) is 0 Å². The molecule has 0 aliphatic carbocycles. The minimum Gasteiger partial charge on any atom is -0.489 e. The maximum Gasteiger partial charge on any atom is 0.255 e. The van der Waals surface area contributed by atoms with Gasteiger partial charge in [0.2, 0.25) is 0 Å². The van der Waals surface area contributed by atoms with Crippen molar-refractivity contribution < 1.29 is 14.6 Å². The molecule has 4 heteroatoms. The number of rotatable bonds is 6. The lowest BCUT2D eigenvalue weighted by atomic mass is 10.1. The van der Waals surface area contributed by atoms with Crippen LogP contribution in [0.1, 0.15) is 21.5 Å². The Morgan fingerprint density at radius 3 is 2.48 bits per heavy atom. The summed E-state index contributed by atoms with van der Waals surface area (Å²) in [5, 5.41) is 12.2. The lowest BCUT2D eigenvalue weighted by Gasteiger charge is -2.11. The summed E-state index contributed by atoms with van der Waals surface area (Å²) in [5.41, 5.74) is 2.94. The fraction of sp³-hybridized carbons (Fsp3) is 0.0952. The molecule has 0 aliphatic rings. The first kappa shape index (κ1) is 16.7. The summed E-state index contributed by atoms with van der Waals surface area (Å²) in [5.74, 6) is 0.480. The molecule has 3 rings (SSSR count).